The number of nitrogens with zero attached hydrogens (tertiary/aromatic N) is 1. The summed E-state index contributed by atoms with van der Waals surface area (Å²) >= 11 is 1.54. The van der Waals surface area contributed by atoms with E-state index < -0.39 is 0 Å². The number of aryl methyl sites for hydroxylation is 1. The third-order valence-corrected chi connectivity index (χ3v) is 4.82. The fourth-order valence-corrected chi connectivity index (χ4v) is 3.45. The zero-order valence-electron chi connectivity index (χ0n) is 14.4. The summed E-state index contributed by atoms with van der Waals surface area (Å²) in [5.41, 5.74) is 4.97. The average Bonchev–Trinajstić information content (AvgIpc) is 3.09. The normalized spacial score (nSPS) is 10.4. The van der Waals surface area contributed by atoms with Crippen LogP contribution in [-0.2, 0) is 11.2 Å². The van der Waals surface area contributed by atoms with Crippen molar-refractivity contribution < 1.29 is 9.53 Å². The summed E-state index contributed by atoms with van der Waals surface area (Å²) in [5, 5.41) is 5.23. The van der Waals surface area contributed by atoms with Crippen molar-refractivity contribution in [2.75, 3.05) is 12.4 Å². The first-order valence-electron chi connectivity index (χ1n) is 8.15. The number of nitrogens with one attached hydrogen (secondary N) is 2. The van der Waals surface area contributed by atoms with Gasteiger partial charge in [-0.05, 0) is 36.4 Å². The zero-order valence-corrected chi connectivity index (χ0v) is 15.2. The molecule has 134 valence electrons. The molecular weight excluding hydrogens is 348 g/mol. The molecule has 3 aromatic rings. The van der Waals surface area contributed by atoms with E-state index in [4.69, 9.17) is 15.6 Å². The maximum atomic E-state index is 11.4. The van der Waals surface area contributed by atoms with Gasteiger partial charge in [0, 0.05) is 24.1 Å². The van der Waals surface area contributed by atoms with E-state index in [1.54, 1.807) is 7.11 Å². The number of carbonyl (C=O) groups excluding carboxylic acids is 1. The monoisotopic (exact) mass is 368 g/mol. The number of thiazole rings is 1. The summed E-state index contributed by atoms with van der Waals surface area (Å²) in [6.45, 7) is 0. The minimum Gasteiger partial charge on any atom is -0.497 e. The van der Waals surface area contributed by atoms with Crippen molar-refractivity contribution in [3.05, 3.63) is 59.6 Å². The van der Waals surface area contributed by atoms with Gasteiger partial charge >= 0.3 is 0 Å². The standard InChI is InChI=1S/C19H20N4O2S/c1-25-15-9-7-13(8-10-15)18-19(21-14-5-3-2-4-6-14)26-17(22-18)12-11-16(24)23-20/h2-10,21H,11-12,20H2,1H3,(H,23,24). The Morgan fingerprint density at radius 2 is 1.88 bits per heavy atom. The van der Waals surface area contributed by atoms with Crippen LogP contribution in [0.5, 0.6) is 5.75 Å². The Morgan fingerprint density at radius 3 is 2.54 bits per heavy atom. The van der Waals surface area contributed by atoms with E-state index in [-0.39, 0.29) is 5.91 Å². The molecule has 0 aliphatic carbocycles. The molecule has 1 aromatic heterocycles. The van der Waals surface area contributed by atoms with Gasteiger partial charge in [0.15, 0.2) is 0 Å². The Labute approximate surface area is 156 Å². The molecule has 4 N–H and O–H groups in total. The number of methoxy groups -OCH3 is 1. The Bertz CT molecular complexity index is 863. The molecular formula is C19H20N4O2S. The van der Waals surface area contributed by atoms with Crippen LogP contribution in [0.4, 0.5) is 10.7 Å². The van der Waals surface area contributed by atoms with Crippen molar-refractivity contribution in [1.29, 1.82) is 0 Å². The Balaban J connectivity index is 1.90. The maximum absolute atomic E-state index is 11.4. The molecule has 3 rings (SSSR count). The molecule has 0 saturated heterocycles. The molecule has 0 unspecified atom stereocenters. The number of amides is 1. The summed E-state index contributed by atoms with van der Waals surface area (Å²) in [7, 11) is 1.64. The van der Waals surface area contributed by atoms with Crippen molar-refractivity contribution >= 4 is 27.9 Å². The number of benzene rings is 2. The van der Waals surface area contributed by atoms with Crippen LogP contribution >= 0.6 is 11.3 Å². The summed E-state index contributed by atoms with van der Waals surface area (Å²) in [5.74, 6) is 5.74. The van der Waals surface area contributed by atoms with Crippen molar-refractivity contribution in [2.45, 2.75) is 12.8 Å². The second-order valence-corrected chi connectivity index (χ2v) is 6.66. The highest BCUT2D eigenvalue weighted by molar-refractivity contribution is 7.16. The fraction of sp³-hybridized carbons (Fsp3) is 0.158. The summed E-state index contributed by atoms with van der Waals surface area (Å²) in [6, 6.07) is 17.7. The minimum atomic E-state index is -0.205. The topological polar surface area (TPSA) is 89.3 Å². The summed E-state index contributed by atoms with van der Waals surface area (Å²) in [6.07, 6.45) is 0.837. The predicted octanol–water partition coefficient (Wildman–Crippen LogP) is 3.48. The number of hydrogen-bond acceptors (Lipinski definition) is 6. The SMILES string of the molecule is COc1ccc(-c2nc(CCC(=O)NN)sc2Nc2ccccc2)cc1. The quantitative estimate of drug-likeness (QED) is 0.337. The van der Waals surface area contributed by atoms with E-state index in [0.29, 0.717) is 12.8 Å². The number of hydrazine groups is 1. The van der Waals surface area contributed by atoms with Crippen LogP contribution in [0, 0.1) is 0 Å². The molecule has 0 atom stereocenters. The van der Waals surface area contributed by atoms with E-state index in [0.717, 1.165) is 32.7 Å². The summed E-state index contributed by atoms with van der Waals surface area (Å²) in [4.78, 5) is 16.2. The maximum Gasteiger partial charge on any atom is 0.234 e. The first kappa shape index (κ1) is 17.9. The summed E-state index contributed by atoms with van der Waals surface area (Å²) < 4.78 is 5.22. The second kappa shape index (κ2) is 8.46. The van der Waals surface area contributed by atoms with Crippen molar-refractivity contribution in [3.8, 4) is 17.0 Å². The van der Waals surface area contributed by atoms with Crippen LogP contribution in [0.25, 0.3) is 11.3 Å². The molecule has 0 fully saturated rings. The fourth-order valence-electron chi connectivity index (χ4n) is 2.45. The van der Waals surface area contributed by atoms with E-state index in [1.165, 1.54) is 11.3 Å². The predicted molar refractivity (Wildman–Crippen MR) is 104 cm³/mol. The lowest BCUT2D eigenvalue weighted by atomic mass is 10.1. The molecule has 0 saturated carbocycles. The van der Waals surface area contributed by atoms with Gasteiger partial charge < -0.3 is 10.1 Å². The van der Waals surface area contributed by atoms with E-state index in [9.17, 15) is 4.79 Å². The largest absolute Gasteiger partial charge is 0.497 e. The number of ether oxygens (including phenoxy) is 1. The molecule has 26 heavy (non-hydrogen) atoms. The lowest BCUT2D eigenvalue weighted by molar-refractivity contribution is -0.121. The first-order valence-corrected chi connectivity index (χ1v) is 8.97. The number of anilines is 2. The van der Waals surface area contributed by atoms with Crippen LogP contribution in [0.1, 0.15) is 11.4 Å². The lowest BCUT2D eigenvalue weighted by Gasteiger charge is -2.07. The molecule has 6 nitrogen and oxygen atoms in total. The first-order chi connectivity index (χ1) is 12.7. The van der Waals surface area contributed by atoms with Gasteiger partial charge in [0.05, 0.1) is 12.1 Å². The Morgan fingerprint density at radius 1 is 1.15 bits per heavy atom. The van der Waals surface area contributed by atoms with Gasteiger partial charge in [-0.25, -0.2) is 10.8 Å². The Hall–Kier alpha value is -2.90. The number of aromatic nitrogens is 1. The number of nitrogens with two attached hydrogens (primary N) is 1. The van der Waals surface area contributed by atoms with Crippen LogP contribution in [0.2, 0.25) is 0 Å². The lowest BCUT2D eigenvalue weighted by Crippen LogP contribution is -2.30. The third kappa shape index (κ3) is 4.38. The van der Waals surface area contributed by atoms with Gasteiger partial charge in [-0.3, -0.25) is 10.2 Å². The van der Waals surface area contributed by atoms with E-state index in [1.807, 2.05) is 54.6 Å². The zero-order chi connectivity index (χ0) is 18.4. The number of para-hydroxylation sites is 1. The molecule has 1 heterocycles. The highest BCUT2D eigenvalue weighted by Crippen LogP contribution is 2.36. The van der Waals surface area contributed by atoms with Crippen LogP contribution in [0.15, 0.2) is 54.6 Å². The van der Waals surface area contributed by atoms with E-state index in [2.05, 4.69) is 10.7 Å². The molecule has 0 aliphatic heterocycles. The van der Waals surface area contributed by atoms with Crippen LogP contribution < -0.4 is 21.3 Å². The van der Waals surface area contributed by atoms with Gasteiger partial charge in [0.25, 0.3) is 0 Å². The molecule has 0 radical (unpaired) electrons. The molecule has 0 bridgehead atoms. The van der Waals surface area contributed by atoms with Gasteiger partial charge in [-0.15, -0.1) is 11.3 Å². The van der Waals surface area contributed by atoms with Gasteiger partial charge in [-0.1, -0.05) is 18.2 Å². The van der Waals surface area contributed by atoms with Gasteiger partial charge in [-0.2, -0.15) is 0 Å². The third-order valence-electron chi connectivity index (χ3n) is 3.79. The molecule has 7 heteroatoms. The number of rotatable bonds is 7. The van der Waals surface area contributed by atoms with Gasteiger partial charge in [0.2, 0.25) is 5.91 Å². The highest BCUT2D eigenvalue weighted by Gasteiger charge is 2.14. The van der Waals surface area contributed by atoms with E-state index >= 15 is 0 Å². The van der Waals surface area contributed by atoms with Crippen LogP contribution in [0.3, 0.4) is 0 Å². The molecule has 0 spiro atoms. The van der Waals surface area contributed by atoms with Crippen LogP contribution in [-0.4, -0.2) is 18.0 Å². The highest BCUT2D eigenvalue weighted by atomic mass is 32.1. The second-order valence-electron chi connectivity index (χ2n) is 5.57. The van der Waals surface area contributed by atoms with Gasteiger partial charge in [0.1, 0.15) is 16.4 Å². The average molecular weight is 368 g/mol. The minimum absolute atomic E-state index is 0.205. The van der Waals surface area contributed by atoms with Crippen molar-refractivity contribution in [3.63, 3.8) is 0 Å². The van der Waals surface area contributed by atoms with Crippen molar-refractivity contribution in [1.82, 2.24) is 10.4 Å². The Kier molecular flexibility index (Phi) is 5.83. The molecule has 1 amide bonds. The number of hydrogen-bond donors (Lipinski definition) is 3. The smallest absolute Gasteiger partial charge is 0.234 e. The van der Waals surface area contributed by atoms with Crippen molar-refractivity contribution in [2.24, 2.45) is 5.84 Å². The number of carbonyl (C=O) groups is 1. The molecule has 2 aromatic carbocycles. The molecule has 0 aliphatic rings.